The van der Waals surface area contributed by atoms with Crippen LogP contribution >= 0.6 is 0 Å². The second kappa shape index (κ2) is 6.62. The number of pyridine rings is 1. The topological polar surface area (TPSA) is 56.7 Å². The van der Waals surface area contributed by atoms with Gasteiger partial charge in [-0.05, 0) is 11.6 Å². The van der Waals surface area contributed by atoms with Crippen molar-refractivity contribution in [2.45, 2.75) is 25.7 Å². The normalized spacial score (nSPS) is 20.8. The number of β-amino-alcohol motifs (C(OH)–C–C–N with tert-alkyl or cyclic N) is 1. The summed E-state index contributed by atoms with van der Waals surface area (Å²) in [4.78, 5) is 18.3. The monoisotopic (exact) mass is 317 g/mol. The lowest BCUT2D eigenvalue weighted by Gasteiger charge is -2.21. The molecule has 1 aliphatic heterocycles. The van der Waals surface area contributed by atoms with Gasteiger partial charge < -0.3 is 10.0 Å². The molecule has 122 valence electrons. The Morgan fingerprint density at radius 1 is 1.36 bits per heavy atom. The largest absolute Gasteiger partial charge is 0.433 e. The molecule has 1 aromatic heterocycles. The lowest BCUT2D eigenvalue weighted by molar-refractivity contribution is -0.141. The first-order chi connectivity index (χ1) is 10.3. The lowest BCUT2D eigenvalue weighted by Crippen LogP contribution is -2.36. The van der Waals surface area contributed by atoms with Crippen LogP contribution in [-0.4, -0.2) is 58.1 Å². The minimum Gasteiger partial charge on any atom is -0.390 e. The molecule has 5 nitrogen and oxygen atoms in total. The van der Waals surface area contributed by atoms with E-state index in [1.165, 1.54) is 19.2 Å². The molecule has 0 aliphatic carbocycles. The smallest absolute Gasteiger partial charge is 0.390 e. The zero-order valence-corrected chi connectivity index (χ0v) is 12.2. The Morgan fingerprint density at radius 3 is 2.64 bits per heavy atom. The number of aliphatic hydroxyl groups excluding tert-OH is 1. The van der Waals surface area contributed by atoms with Crippen molar-refractivity contribution in [2.24, 2.45) is 0 Å². The van der Waals surface area contributed by atoms with Gasteiger partial charge in [-0.3, -0.25) is 14.7 Å². The van der Waals surface area contributed by atoms with Gasteiger partial charge in [-0.2, -0.15) is 13.2 Å². The van der Waals surface area contributed by atoms with E-state index in [1.807, 2.05) is 4.90 Å². The molecule has 1 aliphatic rings. The second-order valence-corrected chi connectivity index (χ2v) is 5.40. The van der Waals surface area contributed by atoms with Gasteiger partial charge in [0.05, 0.1) is 6.10 Å². The molecule has 2 heterocycles. The molecule has 1 amide bonds. The number of carbonyl (C=O) groups excluding carboxylic acids is 1. The van der Waals surface area contributed by atoms with Crippen LogP contribution in [-0.2, 0) is 17.5 Å². The van der Waals surface area contributed by atoms with Gasteiger partial charge in [0.15, 0.2) is 0 Å². The van der Waals surface area contributed by atoms with Crippen molar-refractivity contribution >= 4 is 5.91 Å². The predicted molar refractivity (Wildman–Crippen MR) is 72.8 cm³/mol. The fourth-order valence-corrected chi connectivity index (χ4v) is 2.43. The van der Waals surface area contributed by atoms with Crippen molar-refractivity contribution in [3.8, 4) is 0 Å². The van der Waals surface area contributed by atoms with E-state index >= 15 is 0 Å². The third-order valence-electron chi connectivity index (χ3n) is 3.55. The number of aliphatic hydroxyl groups is 1. The highest BCUT2D eigenvalue weighted by atomic mass is 19.4. The van der Waals surface area contributed by atoms with Crippen molar-refractivity contribution in [1.29, 1.82) is 0 Å². The Morgan fingerprint density at radius 2 is 2.09 bits per heavy atom. The van der Waals surface area contributed by atoms with Gasteiger partial charge in [-0.1, -0.05) is 6.07 Å². The number of amides is 1. The van der Waals surface area contributed by atoms with Crippen molar-refractivity contribution in [1.82, 2.24) is 14.8 Å². The van der Waals surface area contributed by atoms with Gasteiger partial charge in [0.1, 0.15) is 5.69 Å². The number of rotatable bonds is 2. The number of carbonyl (C=O) groups is 1. The summed E-state index contributed by atoms with van der Waals surface area (Å²) in [7, 11) is 0. The molecular weight excluding hydrogens is 299 g/mol. The van der Waals surface area contributed by atoms with Crippen LogP contribution in [0.5, 0.6) is 0 Å². The van der Waals surface area contributed by atoms with E-state index in [2.05, 4.69) is 4.98 Å². The Kier molecular flexibility index (Phi) is 5.02. The number of halogens is 3. The Labute approximate surface area is 126 Å². The first-order valence-corrected chi connectivity index (χ1v) is 6.94. The number of hydrogen-bond acceptors (Lipinski definition) is 4. The van der Waals surface area contributed by atoms with Crippen molar-refractivity contribution < 1.29 is 23.1 Å². The highest BCUT2D eigenvalue weighted by Gasteiger charge is 2.32. The average molecular weight is 317 g/mol. The Bertz CT molecular complexity index is 519. The minimum absolute atomic E-state index is 0.0999. The molecule has 1 N–H and O–H groups in total. The summed E-state index contributed by atoms with van der Waals surface area (Å²) in [6.45, 7) is 3.51. The molecule has 1 saturated heterocycles. The van der Waals surface area contributed by atoms with Gasteiger partial charge in [0, 0.05) is 45.8 Å². The predicted octanol–water partition coefficient (Wildman–Crippen LogP) is 1.13. The van der Waals surface area contributed by atoms with Crippen molar-refractivity contribution in [3.05, 3.63) is 29.6 Å². The van der Waals surface area contributed by atoms with Crippen LogP contribution in [0.4, 0.5) is 13.2 Å². The van der Waals surface area contributed by atoms with Gasteiger partial charge in [-0.25, -0.2) is 0 Å². The molecule has 1 aromatic rings. The Hall–Kier alpha value is -1.67. The number of hydrogen-bond donors (Lipinski definition) is 1. The number of nitrogens with zero attached hydrogens (tertiary/aromatic N) is 3. The van der Waals surface area contributed by atoms with Crippen LogP contribution in [0.1, 0.15) is 18.2 Å². The van der Waals surface area contributed by atoms with Gasteiger partial charge in [0.25, 0.3) is 0 Å². The van der Waals surface area contributed by atoms with Crippen molar-refractivity contribution in [3.63, 3.8) is 0 Å². The second-order valence-electron chi connectivity index (χ2n) is 5.40. The third-order valence-corrected chi connectivity index (χ3v) is 3.55. The average Bonchev–Trinajstić information content (AvgIpc) is 2.60. The highest BCUT2D eigenvalue weighted by Crippen LogP contribution is 2.27. The zero-order valence-electron chi connectivity index (χ0n) is 12.2. The summed E-state index contributed by atoms with van der Waals surface area (Å²) in [5.41, 5.74) is -0.286. The molecule has 0 spiro atoms. The zero-order chi connectivity index (χ0) is 16.3. The van der Waals surface area contributed by atoms with Gasteiger partial charge >= 0.3 is 6.18 Å². The van der Waals surface area contributed by atoms with Crippen LogP contribution in [0.15, 0.2) is 18.3 Å². The molecule has 2 rings (SSSR count). The number of alkyl halides is 3. The molecule has 1 atom stereocenters. The van der Waals surface area contributed by atoms with E-state index in [4.69, 9.17) is 0 Å². The summed E-state index contributed by atoms with van der Waals surface area (Å²) in [5, 5.41) is 9.91. The SMILES string of the molecule is CC(=O)N1CCN(Cc2ccc(C(F)(F)F)nc2)C[C@@H](O)C1. The van der Waals surface area contributed by atoms with Crippen molar-refractivity contribution in [2.75, 3.05) is 26.2 Å². The summed E-state index contributed by atoms with van der Waals surface area (Å²) < 4.78 is 37.4. The lowest BCUT2D eigenvalue weighted by atomic mass is 10.2. The number of aromatic nitrogens is 1. The maximum atomic E-state index is 12.5. The van der Waals surface area contributed by atoms with Crippen LogP contribution < -0.4 is 0 Å². The summed E-state index contributed by atoms with van der Waals surface area (Å²) in [5.74, 6) is -0.0999. The fraction of sp³-hybridized carbons (Fsp3) is 0.571. The first kappa shape index (κ1) is 16.7. The van der Waals surface area contributed by atoms with Gasteiger partial charge in [0.2, 0.25) is 5.91 Å². The van der Waals surface area contributed by atoms with Crippen LogP contribution in [0.25, 0.3) is 0 Å². The third kappa shape index (κ3) is 4.41. The molecule has 0 unspecified atom stereocenters. The quantitative estimate of drug-likeness (QED) is 0.888. The van der Waals surface area contributed by atoms with Crippen LogP contribution in [0, 0.1) is 0 Å². The van der Waals surface area contributed by atoms with E-state index < -0.39 is 18.0 Å². The summed E-state index contributed by atoms with van der Waals surface area (Å²) >= 11 is 0. The van der Waals surface area contributed by atoms with E-state index in [1.54, 1.807) is 4.90 Å². The molecule has 0 radical (unpaired) electrons. The molecule has 0 aromatic carbocycles. The summed E-state index contributed by atoms with van der Waals surface area (Å²) in [6.07, 6.45) is -3.92. The minimum atomic E-state index is -4.45. The molecular formula is C14H18F3N3O2. The fourth-order valence-electron chi connectivity index (χ4n) is 2.43. The molecule has 8 heteroatoms. The first-order valence-electron chi connectivity index (χ1n) is 6.94. The van der Waals surface area contributed by atoms with E-state index in [-0.39, 0.29) is 12.5 Å². The maximum Gasteiger partial charge on any atom is 0.433 e. The summed E-state index contributed by atoms with van der Waals surface area (Å²) in [6, 6.07) is 2.33. The molecule has 0 saturated carbocycles. The highest BCUT2D eigenvalue weighted by molar-refractivity contribution is 5.73. The standard InChI is InChI=1S/C14H18F3N3O2/c1-10(21)20-5-4-19(8-12(22)9-20)7-11-2-3-13(18-6-11)14(15,16)17/h2-3,6,12,22H,4-5,7-9H2,1H3/t12-/m1/s1. The maximum absolute atomic E-state index is 12.5. The van der Waals surface area contributed by atoms with Gasteiger partial charge in [-0.15, -0.1) is 0 Å². The van der Waals surface area contributed by atoms with E-state index in [9.17, 15) is 23.1 Å². The van der Waals surface area contributed by atoms with Crippen LogP contribution in [0.2, 0.25) is 0 Å². The van der Waals surface area contributed by atoms with E-state index in [0.717, 1.165) is 6.07 Å². The molecule has 1 fully saturated rings. The van der Waals surface area contributed by atoms with Crippen LogP contribution in [0.3, 0.4) is 0 Å². The molecule has 22 heavy (non-hydrogen) atoms. The Balaban J connectivity index is 1.99. The molecule has 0 bridgehead atoms. The van der Waals surface area contributed by atoms with E-state index in [0.29, 0.717) is 31.7 Å².